The Kier molecular flexibility index (Phi) is 5.59. The number of para-hydroxylation sites is 1. The van der Waals surface area contributed by atoms with Gasteiger partial charge in [0.2, 0.25) is 0 Å². The molecule has 142 valence electrons. The molecule has 0 saturated heterocycles. The third-order valence-electron chi connectivity index (χ3n) is 3.69. The maximum atomic E-state index is 11.7. The van der Waals surface area contributed by atoms with E-state index in [-0.39, 0.29) is 22.6 Å². The van der Waals surface area contributed by atoms with Crippen molar-refractivity contribution in [2.45, 2.75) is 6.92 Å². The van der Waals surface area contributed by atoms with Gasteiger partial charge in [0.15, 0.2) is 11.2 Å². The molecule has 0 aliphatic rings. The van der Waals surface area contributed by atoms with Gasteiger partial charge in [-0.1, -0.05) is 12.1 Å². The number of rotatable bonds is 2. The molecule has 0 atom stereocenters. The van der Waals surface area contributed by atoms with Gasteiger partial charge >= 0.3 is 17.6 Å². The van der Waals surface area contributed by atoms with Crippen molar-refractivity contribution >= 4 is 23.1 Å². The number of esters is 1. The molecule has 10 heteroatoms. The first-order valence-electron chi connectivity index (χ1n) is 7.73. The van der Waals surface area contributed by atoms with E-state index in [0.717, 1.165) is 4.57 Å². The van der Waals surface area contributed by atoms with Gasteiger partial charge in [-0.25, -0.2) is 14.6 Å². The minimum Gasteiger partial charge on any atom is -0.478 e. The highest BCUT2D eigenvalue weighted by Crippen LogP contribution is 2.17. The van der Waals surface area contributed by atoms with Crippen LogP contribution in [0, 0.1) is 0 Å². The van der Waals surface area contributed by atoms with Gasteiger partial charge < -0.3 is 14.4 Å². The first-order valence-corrected chi connectivity index (χ1v) is 7.73. The normalized spacial score (nSPS) is 10.2. The highest BCUT2D eigenvalue weighted by molar-refractivity contribution is 5.91. The number of nitrogens with zero attached hydrogens (tertiary/aromatic N) is 4. The highest BCUT2D eigenvalue weighted by Gasteiger charge is 2.12. The van der Waals surface area contributed by atoms with Gasteiger partial charge in [-0.2, -0.15) is 0 Å². The lowest BCUT2D eigenvalue weighted by Gasteiger charge is -2.03. The summed E-state index contributed by atoms with van der Waals surface area (Å²) < 4.78 is 8.73. The molecule has 2 heterocycles. The van der Waals surface area contributed by atoms with E-state index in [2.05, 4.69) is 9.72 Å². The zero-order valence-corrected chi connectivity index (χ0v) is 15.2. The van der Waals surface area contributed by atoms with Crippen molar-refractivity contribution in [3.63, 3.8) is 0 Å². The fourth-order valence-corrected chi connectivity index (χ4v) is 2.36. The molecule has 2 aromatic heterocycles. The summed E-state index contributed by atoms with van der Waals surface area (Å²) in [7, 11) is 4.77. The molecule has 0 fully saturated rings. The Morgan fingerprint density at radius 3 is 2.30 bits per heavy atom. The smallest absolute Gasteiger partial charge is 0.339 e. The molecule has 1 N–H and O–H groups in total. The Hall–Kier alpha value is -3.69. The predicted octanol–water partition coefficient (Wildman–Crippen LogP) is 0.281. The molecule has 10 nitrogen and oxygen atoms in total. The molecule has 0 aliphatic carbocycles. The summed E-state index contributed by atoms with van der Waals surface area (Å²) in [6.45, 7) is 1.22. The van der Waals surface area contributed by atoms with E-state index in [0.29, 0.717) is 11.2 Å². The molecule has 0 unspecified atom stereocenters. The van der Waals surface area contributed by atoms with Crippen LogP contribution in [-0.4, -0.2) is 35.7 Å². The topological polar surface area (TPSA) is 125 Å². The number of hydrogen-bond donors (Lipinski definition) is 1. The monoisotopic (exact) mass is 374 g/mol. The summed E-state index contributed by atoms with van der Waals surface area (Å²) in [5, 5.41) is 8.69. The molecule has 0 bridgehead atoms. The molecule has 0 amide bonds. The fraction of sp³-hybridized carbons (Fsp3) is 0.235. The highest BCUT2D eigenvalue weighted by atomic mass is 16.5. The van der Waals surface area contributed by atoms with Crippen LogP contribution in [0.3, 0.4) is 0 Å². The largest absolute Gasteiger partial charge is 0.478 e. The Bertz CT molecular complexity index is 1140. The predicted molar refractivity (Wildman–Crippen MR) is 95.9 cm³/mol. The molecule has 0 saturated carbocycles. The van der Waals surface area contributed by atoms with E-state index in [1.165, 1.54) is 37.0 Å². The van der Waals surface area contributed by atoms with E-state index in [4.69, 9.17) is 5.11 Å². The summed E-state index contributed by atoms with van der Waals surface area (Å²) in [5.41, 5.74) is 0.164. The van der Waals surface area contributed by atoms with Crippen molar-refractivity contribution in [1.82, 2.24) is 18.7 Å². The minimum atomic E-state index is -1.11. The van der Waals surface area contributed by atoms with Crippen LogP contribution in [-0.2, 0) is 25.9 Å². The van der Waals surface area contributed by atoms with E-state index >= 15 is 0 Å². The quantitative estimate of drug-likeness (QED) is 0.504. The Morgan fingerprint density at radius 1 is 1.07 bits per heavy atom. The number of carboxylic acid groups (broad SMARTS) is 1. The van der Waals surface area contributed by atoms with Crippen LogP contribution in [0.2, 0.25) is 0 Å². The number of carbonyl (C=O) groups is 2. The number of imidazole rings is 1. The van der Waals surface area contributed by atoms with Crippen LogP contribution in [0.4, 0.5) is 0 Å². The molecule has 0 radical (unpaired) electrons. The maximum Gasteiger partial charge on any atom is 0.339 e. The number of carbonyl (C=O) groups excluding carboxylic acids is 1. The molecule has 27 heavy (non-hydrogen) atoms. The zero-order chi connectivity index (χ0) is 20.3. The number of aromatic nitrogens is 4. The zero-order valence-electron chi connectivity index (χ0n) is 15.2. The Morgan fingerprint density at radius 2 is 1.70 bits per heavy atom. The van der Waals surface area contributed by atoms with Gasteiger partial charge in [0.05, 0.1) is 6.33 Å². The van der Waals surface area contributed by atoms with Crippen LogP contribution < -0.4 is 16.0 Å². The number of carboxylic acids is 1. The second-order valence-electron chi connectivity index (χ2n) is 5.63. The van der Waals surface area contributed by atoms with Crippen LogP contribution in [0.15, 0.2) is 40.2 Å². The lowest BCUT2D eigenvalue weighted by molar-refractivity contribution is -0.131. The summed E-state index contributed by atoms with van der Waals surface area (Å²) in [4.78, 5) is 48.3. The van der Waals surface area contributed by atoms with Crippen LogP contribution in [0.5, 0.6) is 5.75 Å². The number of ether oxygens (including phenoxy) is 1. The third-order valence-corrected chi connectivity index (χ3v) is 3.69. The summed E-state index contributed by atoms with van der Waals surface area (Å²) in [5.74, 6) is -1.58. The van der Waals surface area contributed by atoms with E-state index in [1.54, 1.807) is 30.8 Å². The molecular weight excluding hydrogens is 356 g/mol. The number of benzene rings is 1. The first kappa shape index (κ1) is 19.6. The van der Waals surface area contributed by atoms with Gasteiger partial charge in [0, 0.05) is 28.1 Å². The summed E-state index contributed by atoms with van der Waals surface area (Å²) >= 11 is 0. The van der Waals surface area contributed by atoms with Crippen molar-refractivity contribution in [2.75, 3.05) is 0 Å². The van der Waals surface area contributed by atoms with Crippen LogP contribution >= 0.6 is 0 Å². The molecule has 0 spiro atoms. The lowest BCUT2D eigenvalue weighted by Crippen LogP contribution is -2.37. The van der Waals surface area contributed by atoms with Gasteiger partial charge in [-0.15, -0.1) is 0 Å². The molecule has 0 aliphatic heterocycles. The molecular formula is C17H18N4O6. The van der Waals surface area contributed by atoms with Crippen molar-refractivity contribution in [1.29, 1.82) is 0 Å². The van der Waals surface area contributed by atoms with Crippen LogP contribution in [0.25, 0.3) is 11.2 Å². The minimum absolute atomic E-state index is 0.0160. The number of hydrogen-bond acceptors (Lipinski definition) is 6. The summed E-state index contributed by atoms with van der Waals surface area (Å²) in [6, 6.07) is 5.98. The van der Waals surface area contributed by atoms with Gasteiger partial charge in [-0.05, 0) is 12.1 Å². The van der Waals surface area contributed by atoms with Gasteiger partial charge in [-0.3, -0.25) is 18.7 Å². The maximum absolute atomic E-state index is 11.7. The van der Waals surface area contributed by atoms with Crippen LogP contribution in [0.1, 0.15) is 17.3 Å². The SMILES string of the molecule is CC(=O)Oc1ccccc1C(=O)O.Cn1c(=O)c2c(ncn2C)n(C)c1=O. The molecule has 3 rings (SSSR count). The van der Waals surface area contributed by atoms with Gasteiger partial charge in [0.25, 0.3) is 5.56 Å². The second-order valence-corrected chi connectivity index (χ2v) is 5.63. The van der Waals surface area contributed by atoms with Crippen molar-refractivity contribution < 1.29 is 19.4 Å². The number of fused-ring (bicyclic) bond motifs is 1. The van der Waals surface area contributed by atoms with E-state index in [1.807, 2.05) is 0 Å². The average molecular weight is 374 g/mol. The van der Waals surface area contributed by atoms with E-state index in [9.17, 15) is 19.2 Å². The van der Waals surface area contributed by atoms with Gasteiger partial charge in [0.1, 0.15) is 11.3 Å². The molecule has 3 aromatic rings. The third kappa shape index (κ3) is 3.94. The molecule has 1 aromatic carbocycles. The fourth-order valence-electron chi connectivity index (χ4n) is 2.36. The Labute approximate surface area is 152 Å². The number of aryl methyl sites for hydroxylation is 2. The average Bonchev–Trinajstić information content (AvgIpc) is 3.00. The van der Waals surface area contributed by atoms with Crippen molar-refractivity contribution in [3.8, 4) is 5.75 Å². The Balaban J connectivity index is 0.000000194. The first-order chi connectivity index (χ1) is 12.6. The van der Waals surface area contributed by atoms with Crippen molar-refractivity contribution in [2.24, 2.45) is 21.1 Å². The van der Waals surface area contributed by atoms with Crippen molar-refractivity contribution in [3.05, 3.63) is 57.0 Å². The van der Waals surface area contributed by atoms with E-state index < -0.39 is 11.9 Å². The standard InChI is InChI=1S/C9H8O4.C8H10N4O2/c1-6(10)13-8-5-3-2-4-7(8)9(11)12;1-10-4-9-6-5(10)7(13)12(3)8(14)11(6)2/h2-5H,1H3,(H,11,12);4H,1-3H3. The second kappa shape index (κ2) is 7.68. The lowest BCUT2D eigenvalue weighted by atomic mass is 10.2. The summed E-state index contributed by atoms with van der Waals surface area (Å²) in [6.07, 6.45) is 1.52. The number of aromatic carboxylic acids is 1.